The number of rotatable bonds is 3. The van der Waals surface area contributed by atoms with Crippen molar-refractivity contribution < 1.29 is 4.42 Å². The summed E-state index contributed by atoms with van der Waals surface area (Å²) in [4.78, 5) is 14.8. The normalized spacial score (nSPS) is 11.4. The molecule has 0 N–H and O–H groups in total. The number of fused-ring (bicyclic) bond motifs is 5. The molecule has 0 aliphatic rings. The fourth-order valence-electron chi connectivity index (χ4n) is 4.71. The third-order valence-corrected chi connectivity index (χ3v) is 6.32. The van der Waals surface area contributed by atoms with Crippen LogP contribution in [-0.2, 0) is 0 Å². The van der Waals surface area contributed by atoms with Crippen LogP contribution in [0.3, 0.4) is 0 Å². The molecule has 0 unspecified atom stereocenters. The number of para-hydroxylation sites is 1. The van der Waals surface area contributed by atoms with E-state index in [-0.39, 0.29) is 0 Å². The van der Waals surface area contributed by atoms with E-state index in [2.05, 4.69) is 30.3 Å². The van der Waals surface area contributed by atoms with Gasteiger partial charge < -0.3 is 4.42 Å². The molecule has 0 bridgehead atoms. The molecule has 0 saturated heterocycles. The Kier molecular flexibility index (Phi) is 4.42. The quantitative estimate of drug-likeness (QED) is 0.275. The molecule has 0 atom stereocenters. The zero-order valence-corrected chi connectivity index (χ0v) is 18.7. The van der Waals surface area contributed by atoms with Crippen LogP contribution in [0.4, 0.5) is 0 Å². The third kappa shape index (κ3) is 3.27. The van der Waals surface area contributed by atoms with E-state index in [4.69, 9.17) is 19.4 Å². The minimum Gasteiger partial charge on any atom is -0.456 e. The van der Waals surface area contributed by atoms with Gasteiger partial charge in [0, 0.05) is 32.8 Å². The third-order valence-electron chi connectivity index (χ3n) is 6.32. The summed E-state index contributed by atoms with van der Waals surface area (Å²) in [5, 5.41) is 4.36. The SMILES string of the molecule is c1ccc(-c2nc(-c3ccccc3)nc(-c3cccc4ccc5oc6ccccc6c5c34)n2)cc1. The molecule has 0 aliphatic heterocycles. The number of nitrogens with zero attached hydrogens (tertiary/aromatic N) is 3. The van der Waals surface area contributed by atoms with E-state index in [1.807, 2.05) is 84.9 Å². The van der Waals surface area contributed by atoms with Gasteiger partial charge in [0.2, 0.25) is 0 Å². The van der Waals surface area contributed by atoms with E-state index in [9.17, 15) is 0 Å². The van der Waals surface area contributed by atoms with Crippen molar-refractivity contribution in [1.82, 2.24) is 15.0 Å². The minimum absolute atomic E-state index is 0.640. The Bertz CT molecular complexity index is 1780. The molecule has 0 aliphatic carbocycles. The van der Waals surface area contributed by atoms with Crippen molar-refractivity contribution >= 4 is 32.7 Å². The maximum absolute atomic E-state index is 6.18. The number of aromatic nitrogens is 3. The molecule has 4 heteroatoms. The van der Waals surface area contributed by atoms with Crippen molar-refractivity contribution in [2.75, 3.05) is 0 Å². The predicted molar refractivity (Wildman–Crippen MR) is 141 cm³/mol. The van der Waals surface area contributed by atoms with E-state index in [1.54, 1.807) is 0 Å². The van der Waals surface area contributed by atoms with Crippen molar-refractivity contribution in [3.63, 3.8) is 0 Å². The highest BCUT2D eigenvalue weighted by Gasteiger charge is 2.18. The van der Waals surface area contributed by atoms with Crippen LogP contribution in [0.25, 0.3) is 66.9 Å². The van der Waals surface area contributed by atoms with Crippen molar-refractivity contribution in [2.24, 2.45) is 0 Å². The highest BCUT2D eigenvalue weighted by Crippen LogP contribution is 2.39. The monoisotopic (exact) mass is 449 g/mol. The number of hydrogen-bond donors (Lipinski definition) is 0. The van der Waals surface area contributed by atoms with Crippen LogP contribution in [0, 0.1) is 0 Å². The van der Waals surface area contributed by atoms with Crippen LogP contribution < -0.4 is 0 Å². The molecule has 0 spiro atoms. The van der Waals surface area contributed by atoms with E-state index in [1.165, 1.54) is 0 Å². The van der Waals surface area contributed by atoms with E-state index in [0.29, 0.717) is 17.5 Å². The van der Waals surface area contributed by atoms with Gasteiger partial charge >= 0.3 is 0 Å². The van der Waals surface area contributed by atoms with Gasteiger partial charge in [-0.25, -0.2) is 15.0 Å². The van der Waals surface area contributed by atoms with Gasteiger partial charge in [-0.15, -0.1) is 0 Å². The Morgan fingerprint density at radius 2 is 1.06 bits per heavy atom. The molecule has 0 amide bonds. The molecule has 0 radical (unpaired) electrons. The topological polar surface area (TPSA) is 51.8 Å². The first-order valence-electron chi connectivity index (χ1n) is 11.6. The Morgan fingerprint density at radius 3 is 1.77 bits per heavy atom. The summed E-state index contributed by atoms with van der Waals surface area (Å²) in [6, 6.07) is 38.7. The molecule has 4 nitrogen and oxygen atoms in total. The average Bonchev–Trinajstić information content (AvgIpc) is 3.32. The summed E-state index contributed by atoms with van der Waals surface area (Å²) in [6.07, 6.45) is 0. The zero-order valence-electron chi connectivity index (χ0n) is 18.7. The highest BCUT2D eigenvalue weighted by atomic mass is 16.3. The molecular weight excluding hydrogens is 430 g/mol. The Balaban J connectivity index is 1.57. The fourth-order valence-corrected chi connectivity index (χ4v) is 4.71. The van der Waals surface area contributed by atoms with Gasteiger partial charge in [0.25, 0.3) is 0 Å². The first kappa shape index (κ1) is 19.6. The Morgan fingerprint density at radius 1 is 0.429 bits per heavy atom. The second-order valence-electron chi connectivity index (χ2n) is 8.48. The molecule has 0 saturated carbocycles. The molecule has 0 fully saturated rings. The number of furan rings is 1. The lowest BCUT2D eigenvalue weighted by atomic mass is 9.98. The summed E-state index contributed by atoms with van der Waals surface area (Å²) in [6.45, 7) is 0. The second kappa shape index (κ2) is 7.89. The first-order valence-corrected chi connectivity index (χ1v) is 11.6. The molecule has 35 heavy (non-hydrogen) atoms. The number of benzene rings is 5. The molecule has 5 aromatic carbocycles. The van der Waals surface area contributed by atoms with Gasteiger partial charge in [-0.3, -0.25) is 0 Å². The molecule has 164 valence electrons. The summed E-state index contributed by atoms with van der Waals surface area (Å²) >= 11 is 0. The van der Waals surface area contributed by atoms with Crippen molar-refractivity contribution in [1.29, 1.82) is 0 Å². The van der Waals surface area contributed by atoms with Gasteiger partial charge in [0.05, 0.1) is 0 Å². The van der Waals surface area contributed by atoms with E-state index < -0.39 is 0 Å². The average molecular weight is 450 g/mol. The van der Waals surface area contributed by atoms with Crippen LogP contribution in [0.1, 0.15) is 0 Å². The van der Waals surface area contributed by atoms with Gasteiger partial charge in [0.1, 0.15) is 11.2 Å². The Labute approximate surface area is 201 Å². The van der Waals surface area contributed by atoms with E-state index >= 15 is 0 Å². The van der Waals surface area contributed by atoms with Crippen molar-refractivity contribution in [3.05, 3.63) is 115 Å². The number of hydrogen-bond acceptors (Lipinski definition) is 4. The van der Waals surface area contributed by atoms with Crippen molar-refractivity contribution in [2.45, 2.75) is 0 Å². The van der Waals surface area contributed by atoms with Crippen molar-refractivity contribution in [3.8, 4) is 34.2 Å². The maximum atomic E-state index is 6.18. The van der Waals surface area contributed by atoms with Crippen LogP contribution in [-0.4, -0.2) is 15.0 Å². The summed E-state index contributed by atoms with van der Waals surface area (Å²) in [7, 11) is 0. The smallest absolute Gasteiger partial charge is 0.164 e. The lowest BCUT2D eigenvalue weighted by Crippen LogP contribution is -2.00. The van der Waals surface area contributed by atoms with Crippen LogP contribution >= 0.6 is 0 Å². The largest absolute Gasteiger partial charge is 0.456 e. The minimum atomic E-state index is 0.640. The highest BCUT2D eigenvalue weighted by molar-refractivity contribution is 6.22. The standard InChI is InChI=1S/C31H19N3O/c1-3-10-21(11-4-1)29-32-30(22-12-5-2-6-13-22)34-31(33-29)24-16-9-14-20-18-19-26-28(27(20)24)23-15-7-8-17-25(23)35-26/h1-19H. The maximum Gasteiger partial charge on any atom is 0.164 e. The first-order chi connectivity index (χ1) is 17.3. The summed E-state index contributed by atoms with van der Waals surface area (Å²) in [5.74, 6) is 1.94. The molecular formula is C31H19N3O. The lowest BCUT2D eigenvalue weighted by molar-refractivity contribution is 0.669. The van der Waals surface area contributed by atoms with Gasteiger partial charge in [-0.05, 0) is 17.5 Å². The van der Waals surface area contributed by atoms with Gasteiger partial charge in [-0.2, -0.15) is 0 Å². The van der Waals surface area contributed by atoms with Crippen LogP contribution in [0.5, 0.6) is 0 Å². The van der Waals surface area contributed by atoms with Crippen LogP contribution in [0.2, 0.25) is 0 Å². The van der Waals surface area contributed by atoms with Gasteiger partial charge in [-0.1, -0.05) is 103 Å². The van der Waals surface area contributed by atoms with Gasteiger partial charge in [0.15, 0.2) is 17.5 Å². The summed E-state index contributed by atoms with van der Waals surface area (Å²) in [5.41, 5.74) is 4.58. The lowest BCUT2D eigenvalue weighted by Gasteiger charge is -2.11. The predicted octanol–water partition coefficient (Wildman–Crippen LogP) is 7.93. The van der Waals surface area contributed by atoms with E-state index in [0.717, 1.165) is 49.4 Å². The van der Waals surface area contributed by atoms with Crippen LogP contribution in [0.15, 0.2) is 120 Å². The zero-order chi connectivity index (χ0) is 23.2. The second-order valence-corrected chi connectivity index (χ2v) is 8.48. The fraction of sp³-hybridized carbons (Fsp3) is 0. The molecule has 7 rings (SSSR count). The summed E-state index contributed by atoms with van der Waals surface area (Å²) < 4.78 is 6.18. The molecule has 2 heterocycles. The Hall–Kier alpha value is -4.83. The molecule has 7 aromatic rings. The molecule has 2 aromatic heterocycles.